The van der Waals surface area contributed by atoms with Gasteiger partial charge in [-0.05, 0) is 46.4 Å². The number of benzene rings is 2. The molecule has 0 fully saturated rings. The Morgan fingerprint density at radius 3 is 1.77 bits per heavy atom. The standard InChI is InChI=1S/C26H32/c1-6-20(2)23-18-13-19-24(23)26(25(3,4)5,21-14-9-7-10-15-21)22-16-11-8-12-17-22/h7-18,20H,6,19H2,1-5H3. The van der Waals surface area contributed by atoms with Gasteiger partial charge in [-0.1, -0.05) is 107 Å². The second-order valence-corrected chi connectivity index (χ2v) is 8.58. The van der Waals surface area contributed by atoms with E-state index in [9.17, 15) is 0 Å². The maximum Gasteiger partial charge on any atom is 0.0468 e. The number of hydrogen-bond donors (Lipinski definition) is 0. The van der Waals surface area contributed by atoms with Crippen LogP contribution in [-0.4, -0.2) is 0 Å². The molecule has 0 aromatic heterocycles. The van der Waals surface area contributed by atoms with Gasteiger partial charge in [0.15, 0.2) is 0 Å². The third-order valence-corrected chi connectivity index (χ3v) is 6.10. The molecule has 0 saturated carbocycles. The highest BCUT2D eigenvalue weighted by Gasteiger charge is 2.48. The van der Waals surface area contributed by atoms with Gasteiger partial charge in [0.05, 0.1) is 0 Å². The Bertz CT molecular complexity index is 745. The molecule has 0 heteroatoms. The first-order valence-electron chi connectivity index (χ1n) is 9.94. The highest BCUT2D eigenvalue weighted by atomic mass is 14.5. The van der Waals surface area contributed by atoms with E-state index in [1.165, 1.54) is 23.1 Å². The molecule has 26 heavy (non-hydrogen) atoms. The third kappa shape index (κ3) is 2.96. The van der Waals surface area contributed by atoms with Crippen LogP contribution in [0.2, 0.25) is 0 Å². The van der Waals surface area contributed by atoms with Crippen LogP contribution < -0.4 is 0 Å². The molecule has 136 valence electrons. The predicted octanol–water partition coefficient (Wildman–Crippen LogP) is 7.32. The van der Waals surface area contributed by atoms with Crippen molar-refractivity contribution in [2.75, 3.05) is 0 Å². The summed E-state index contributed by atoms with van der Waals surface area (Å²) in [5, 5.41) is 0. The molecule has 0 radical (unpaired) electrons. The minimum Gasteiger partial charge on any atom is -0.0801 e. The molecule has 0 aliphatic heterocycles. The molecule has 0 nitrogen and oxygen atoms in total. The molecule has 0 N–H and O–H groups in total. The van der Waals surface area contributed by atoms with Gasteiger partial charge in [-0.2, -0.15) is 0 Å². The Balaban J connectivity index is 2.40. The summed E-state index contributed by atoms with van der Waals surface area (Å²) in [5.41, 5.74) is 5.84. The average molecular weight is 345 g/mol. The quantitative estimate of drug-likeness (QED) is 0.533. The SMILES string of the molecule is CCC(C)C1=C(C(c2ccccc2)(c2ccccc2)C(C)(C)C)CC=C1. The van der Waals surface area contributed by atoms with E-state index in [0.29, 0.717) is 5.92 Å². The lowest BCUT2D eigenvalue weighted by molar-refractivity contribution is 0.262. The van der Waals surface area contributed by atoms with Crippen LogP contribution in [0, 0.1) is 11.3 Å². The molecule has 2 aromatic rings. The summed E-state index contributed by atoms with van der Waals surface area (Å²) >= 11 is 0. The number of hydrogen-bond acceptors (Lipinski definition) is 0. The Morgan fingerprint density at radius 2 is 1.35 bits per heavy atom. The molecule has 1 aliphatic rings. The zero-order chi connectivity index (χ0) is 18.8. The summed E-state index contributed by atoms with van der Waals surface area (Å²) in [5.74, 6) is 0.581. The van der Waals surface area contributed by atoms with Crippen molar-refractivity contribution in [1.29, 1.82) is 0 Å². The lowest BCUT2D eigenvalue weighted by atomic mass is 9.54. The van der Waals surface area contributed by atoms with Crippen LogP contribution in [0.1, 0.15) is 58.6 Å². The predicted molar refractivity (Wildman–Crippen MR) is 113 cm³/mol. The fourth-order valence-electron chi connectivity index (χ4n) is 4.78. The van der Waals surface area contributed by atoms with E-state index >= 15 is 0 Å². The van der Waals surface area contributed by atoms with Gasteiger partial charge >= 0.3 is 0 Å². The molecule has 1 atom stereocenters. The van der Waals surface area contributed by atoms with Gasteiger partial charge in [0.1, 0.15) is 0 Å². The molecule has 0 heterocycles. The zero-order valence-corrected chi connectivity index (χ0v) is 16.9. The van der Waals surface area contributed by atoms with Crippen LogP contribution >= 0.6 is 0 Å². The van der Waals surface area contributed by atoms with E-state index in [4.69, 9.17) is 0 Å². The first-order valence-corrected chi connectivity index (χ1v) is 9.94. The van der Waals surface area contributed by atoms with Crippen molar-refractivity contribution in [3.63, 3.8) is 0 Å². The van der Waals surface area contributed by atoms with Crippen LogP contribution in [0.3, 0.4) is 0 Å². The molecule has 0 saturated heterocycles. The minimum absolute atomic E-state index is 0.0514. The second kappa shape index (κ2) is 7.27. The van der Waals surface area contributed by atoms with Gasteiger partial charge < -0.3 is 0 Å². The fourth-order valence-corrected chi connectivity index (χ4v) is 4.78. The zero-order valence-electron chi connectivity index (χ0n) is 16.9. The Morgan fingerprint density at radius 1 is 0.846 bits per heavy atom. The van der Waals surface area contributed by atoms with E-state index < -0.39 is 0 Å². The van der Waals surface area contributed by atoms with Crippen LogP contribution in [0.5, 0.6) is 0 Å². The van der Waals surface area contributed by atoms with Gasteiger partial charge in [0.2, 0.25) is 0 Å². The molecule has 0 bridgehead atoms. The lowest BCUT2D eigenvalue weighted by Gasteiger charge is -2.48. The molecular formula is C26H32. The summed E-state index contributed by atoms with van der Waals surface area (Å²) in [6.45, 7) is 11.9. The van der Waals surface area contributed by atoms with Crippen LogP contribution in [-0.2, 0) is 5.41 Å². The number of rotatable bonds is 5. The van der Waals surface area contributed by atoms with Crippen molar-refractivity contribution in [2.24, 2.45) is 11.3 Å². The molecule has 0 amide bonds. The van der Waals surface area contributed by atoms with Crippen molar-refractivity contribution >= 4 is 0 Å². The minimum atomic E-state index is -0.127. The Hall–Kier alpha value is -2.08. The van der Waals surface area contributed by atoms with Gasteiger partial charge in [0, 0.05) is 5.41 Å². The van der Waals surface area contributed by atoms with Gasteiger partial charge in [-0.15, -0.1) is 0 Å². The van der Waals surface area contributed by atoms with Gasteiger partial charge in [-0.3, -0.25) is 0 Å². The first kappa shape index (κ1) is 18.7. The first-order chi connectivity index (χ1) is 12.4. The molecule has 1 unspecified atom stereocenters. The lowest BCUT2D eigenvalue weighted by Crippen LogP contribution is -2.43. The van der Waals surface area contributed by atoms with E-state index in [2.05, 4.69) is 107 Å². The van der Waals surface area contributed by atoms with E-state index in [1.807, 2.05) is 0 Å². The summed E-state index contributed by atoms with van der Waals surface area (Å²) in [4.78, 5) is 0. The maximum atomic E-state index is 2.40. The van der Waals surface area contributed by atoms with Crippen molar-refractivity contribution < 1.29 is 0 Å². The number of allylic oxidation sites excluding steroid dienone is 4. The summed E-state index contributed by atoms with van der Waals surface area (Å²) in [6, 6.07) is 22.3. The largest absolute Gasteiger partial charge is 0.0801 e. The smallest absolute Gasteiger partial charge is 0.0468 e. The maximum absolute atomic E-state index is 2.40. The van der Waals surface area contributed by atoms with E-state index in [1.54, 1.807) is 5.57 Å². The molecule has 0 spiro atoms. The van der Waals surface area contributed by atoms with Crippen molar-refractivity contribution in [3.05, 3.63) is 95.1 Å². The highest BCUT2D eigenvalue weighted by molar-refractivity contribution is 5.56. The molecule has 3 rings (SSSR count). The van der Waals surface area contributed by atoms with Crippen LogP contribution in [0.15, 0.2) is 84.0 Å². The van der Waals surface area contributed by atoms with E-state index in [-0.39, 0.29) is 10.8 Å². The average Bonchev–Trinajstić information content (AvgIpc) is 3.12. The second-order valence-electron chi connectivity index (χ2n) is 8.58. The monoisotopic (exact) mass is 344 g/mol. The normalized spacial score (nSPS) is 16.2. The highest BCUT2D eigenvalue weighted by Crippen LogP contribution is 2.55. The van der Waals surface area contributed by atoms with E-state index in [0.717, 1.165) is 6.42 Å². The van der Waals surface area contributed by atoms with Crippen molar-refractivity contribution in [2.45, 2.75) is 52.9 Å². The molecule has 2 aromatic carbocycles. The topological polar surface area (TPSA) is 0 Å². The third-order valence-electron chi connectivity index (χ3n) is 6.10. The van der Waals surface area contributed by atoms with Crippen molar-refractivity contribution in [1.82, 2.24) is 0 Å². The molecule has 1 aliphatic carbocycles. The van der Waals surface area contributed by atoms with Gasteiger partial charge in [-0.25, -0.2) is 0 Å². The fraction of sp³-hybridized carbons (Fsp3) is 0.385. The summed E-state index contributed by atoms with van der Waals surface area (Å²) in [6.07, 6.45) is 6.97. The van der Waals surface area contributed by atoms with Crippen molar-refractivity contribution in [3.8, 4) is 0 Å². The van der Waals surface area contributed by atoms with Crippen LogP contribution in [0.4, 0.5) is 0 Å². The summed E-state index contributed by atoms with van der Waals surface area (Å²) in [7, 11) is 0. The molecular weight excluding hydrogens is 312 g/mol. The Labute approximate surface area is 159 Å². The van der Waals surface area contributed by atoms with Gasteiger partial charge in [0.25, 0.3) is 0 Å². The Kier molecular flexibility index (Phi) is 5.23. The van der Waals surface area contributed by atoms with Crippen LogP contribution in [0.25, 0.3) is 0 Å². The summed E-state index contributed by atoms with van der Waals surface area (Å²) < 4.78 is 0.